The van der Waals surface area contributed by atoms with Crippen molar-refractivity contribution in [2.75, 3.05) is 20.1 Å². The maximum atomic E-state index is 12.0. The smallest absolute Gasteiger partial charge is 0.407 e. The quantitative estimate of drug-likeness (QED) is 0.818. The van der Waals surface area contributed by atoms with Gasteiger partial charge in [0.05, 0.1) is 0 Å². The van der Waals surface area contributed by atoms with Gasteiger partial charge in [-0.2, -0.15) is 0 Å². The third-order valence-electron chi connectivity index (χ3n) is 4.73. The number of rotatable bonds is 5. The molecule has 5 nitrogen and oxygen atoms in total. The first kappa shape index (κ1) is 17.5. The average Bonchev–Trinajstić information content (AvgIpc) is 3.20. The summed E-state index contributed by atoms with van der Waals surface area (Å²) in [7, 11) is 2.19. The van der Waals surface area contributed by atoms with Crippen molar-refractivity contribution in [1.29, 1.82) is 0 Å². The van der Waals surface area contributed by atoms with Crippen molar-refractivity contribution in [2.24, 2.45) is 5.92 Å². The number of nitrogens with one attached hydrogen (secondary N) is 2. The molecule has 0 radical (unpaired) electrons. The maximum Gasteiger partial charge on any atom is 0.407 e. The van der Waals surface area contributed by atoms with Crippen molar-refractivity contribution in [3.8, 4) is 0 Å². The Morgan fingerprint density at radius 3 is 2.55 bits per heavy atom. The first-order valence-electron chi connectivity index (χ1n) is 8.68. The van der Waals surface area contributed by atoms with Gasteiger partial charge in [-0.1, -0.05) is 0 Å². The van der Waals surface area contributed by atoms with Crippen molar-refractivity contribution in [3.63, 3.8) is 0 Å². The molecule has 1 aliphatic carbocycles. The molecule has 2 aliphatic rings. The molecule has 2 rings (SSSR count). The van der Waals surface area contributed by atoms with Crippen LogP contribution in [0.5, 0.6) is 0 Å². The highest BCUT2D eigenvalue weighted by molar-refractivity contribution is 5.68. The summed E-state index contributed by atoms with van der Waals surface area (Å²) in [5, 5.41) is 6.73. The number of hydrogen-bond donors (Lipinski definition) is 2. The largest absolute Gasteiger partial charge is 0.444 e. The molecule has 0 aromatic rings. The molecule has 1 saturated heterocycles. The van der Waals surface area contributed by atoms with Gasteiger partial charge < -0.3 is 20.3 Å². The standard InChI is InChI=1S/C17H33N3O2/c1-12-10-14(8-9-20(12)5)18-11-15(13-6-7-13)19-16(21)22-17(2,3)4/h12-15,18H,6-11H2,1-5H3,(H,19,21). The molecule has 128 valence electrons. The number of likely N-dealkylation sites (tertiary alicyclic amines) is 1. The topological polar surface area (TPSA) is 53.6 Å². The van der Waals surface area contributed by atoms with E-state index in [1.54, 1.807) is 0 Å². The summed E-state index contributed by atoms with van der Waals surface area (Å²) in [6.07, 6.45) is 4.51. The Hall–Kier alpha value is -0.810. The Kier molecular flexibility index (Phi) is 5.72. The van der Waals surface area contributed by atoms with E-state index in [1.807, 2.05) is 20.8 Å². The number of ether oxygens (including phenoxy) is 1. The normalized spacial score (nSPS) is 28.2. The van der Waals surface area contributed by atoms with Crippen LogP contribution in [0.2, 0.25) is 0 Å². The molecule has 1 heterocycles. The lowest BCUT2D eigenvalue weighted by molar-refractivity contribution is 0.0495. The molecule has 1 aliphatic heterocycles. The first-order chi connectivity index (χ1) is 10.2. The Balaban J connectivity index is 1.76. The fourth-order valence-corrected chi connectivity index (χ4v) is 3.06. The molecule has 2 N–H and O–H groups in total. The van der Waals surface area contributed by atoms with Gasteiger partial charge in [0.1, 0.15) is 5.60 Å². The number of alkyl carbamates (subject to hydrolysis) is 1. The molecule has 2 fully saturated rings. The molecule has 0 spiro atoms. The summed E-state index contributed by atoms with van der Waals surface area (Å²) >= 11 is 0. The average molecular weight is 311 g/mol. The van der Waals surface area contributed by atoms with Crippen molar-refractivity contribution in [3.05, 3.63) is 0 Å². The Morgan fingerprint density at radius 2 is 2.00 bits per heavy atom. The van der Waals surface area contributed by atoms with Gasteiger partial charge in [0.25, 0.3) is 0 Å². The van der Waals surface area contributed by atoms with E-state index >= 15 is 0 Å². The molecular weight excluding hydrogens is 278 g/mol. The number of hydrogen-bond acceptors (Lipinski definition) is 4. The van der Waals surface area contributed by atoms with Crippen molar-refractivity contribution in [1.82, 2.24) is 15.5 Å². The minimum atomic E-state index is -0.436. The highest BCUT2D eigenvalue weighted by atomic mass is 16.6. The van der Waals surface area contributed by atoms with Gasteiger partial charge in [0.2, 0.25) is 0 Å². The van der Waals surface area contributed by atoms with Crippen molar-refractivity contribution in [2.45, 2.75) is 77.1 Å². The molecule has 1 saturated carbocycles. The zero-order chi connectivity index (χ0) is 16.3. The molecule has 22 heavy (non-hydrogen) atoms. The number of carbonyl (C=O) groups excluding carboxylic acids is 1. The van der Waals surface area contributed by atoms with Gasteiger partial charge >= 0.3 is 6.09 Å². The van der Waals surface area contributed by atoms with E-state index in [1.165, 1.54) is 25.7 Å². The van der Waals surface area contributed by atoms with E-state index in [2.05, 4.69) is 29.5 Å². The lowest BCUT2D eigenvalue weighted by atomic mass is 9.98. The van der Waals surface area contributed by atoms with Crippen LogP contribution >= 0.6 is 0 Å². The summed E-state index contributed by atoms with van der Waals surface area (Å²) in [6.45, 7) is 9.98. The van der Waals surface area contributed by atoms with Crippen LogP contribution in [0, 0.1) is 5.92 Å². The summed E-state index contributed by atoms with van der Waals surface area (Å²) < 4.78 is 5.38. The van der Waals surface area contributed by atoms with Crippen LogP contribution in [-0.4, -0.2) is 54.9 Å². The molecule has 1 amide bonds. The summed E-state index contributed by atoms with van der Waals surface area (Å²) in [5.74, 6) is 0.615. The Morgan fingerprint density at radius 1 is 1.32 bits per heavy atom. The van der Waals surface area contributed by atoms with Crippen LogP contribution in [0.25, 0.3) is 0 Å². The van der Waals surface area contributed by atoms with Gasteiger partial charge in [-0.25, -0.2) is 4.79 Å². The van der Waals surface area contributed by atoms with Crippen LogP contribution < -0.4 is 10.6 Å². The van der Waals surface area contributed by atoms with Crippen LogP contribution in [0.3, 0.4) is 0 Å². The molecular formula is C17H33N3O2. The molecule has 0 aromatic heterocycles. The van der Waals surface area contributed by atoms with Gasteiger partial charge in [-0.3, -0.25) is 0 Å². The first-order valence-corrected chi connectivity index (χ1v) is 8.68. The number of carbonyl (C=O) groups is 1. The molecule has 3 unspecified atom stereocenters. The second-order valence-electron chi connectivity index (χ2n) is 8.05. The molecule has 0 bridgehead atoms. The second-order valence-corrected chi connectivity index (χ2v) is 8.05. The number of amides is 1. The summed E-state index contributed by atoms with van der Waals surface area (Å²) in [6, 6.07) is 1.39. The summed E-state index contributed by atoms with van der Waals surface area (Å²) in [4.78, 5) is 14.4. The van der Waals surface area contributed by atoms with Gasteiger partial charge in [-0.05, 0) is 72.9 Å². The Labute approximate surface area is 135 Å². The third kappa shape index (κ3) is 5.76. The van der Waals surface area contributed by atoms with Gasteiger partial charge in [-0.15, -0.1) is 0 Å². The lowest BCUT2D eigenvalue weighted by Gasteiger charge is -2.36. The predicted molar refractivity (Wildman–Crippen MR) is 89.0 cm³/mol. The Bertz CT molecular complexity index is 377. The SMILES string of the molecule is CC1CC(NCC(NC(=O)OC(C)(C)C)C2CC2)CCN1C. The minimum absolute atomic E-state index is 0.199. The summed E-state index contributed by atoms with van der Waals surface area (Å²) in [5.41, 5.74) is -0.436. The van der Waals surface area contributed by atoms with Crippen LogP contribution in [0.4, 0.5) is 4.79 Å². The zero-order valence-electron chi connectivity index (χ0n) is 14.8. The van der Waals surface area contributed by atoms with E-state index in [4.69, 9.17) is 4.74 Å². The predicted octanol–water partition coefficient (Wildman–Crippen LogP) is 2.36. The second kappa shape index (κ2) is 7.18. The molecule has 0 aromatic carbocycles. The van der Waals surface area contributed by atoms with Crippen LogP contribution in [0.15, 0.2) is 0 Å². The third-order valence-corrected chi connectivity index (χ3v) is 4.73. The number of piperidine rings is 1. The van der Waals surface area contributed by atoms with Crippen molar-refractivity contribution >= 4 is 6.09 Å². The highest BCUT2D eigenvalue weighted by Gasteiger charge is 2.34. The highest BCUT2D eigenvalue weighted by Crippen LogP contribution is 2.32. The van der Waals surface area contributed by atoms with E-state index in [0.717, 1.165) is 13.1 Å². The van der Waals surface area contributed by atoms with E-state index in [9.17, 15) is 4.79 Å². The maximum absolute atomic E-state index is 12.0. The molecule has 5 heteroatoms. The van der Waals surface area contributed by atoms with Gasteiger partial charge in [0, 0.05) is 24.7 Å². The van der Waals surface area contributed by atoms with E-state index in [-0.39, 0.29) is 12.1 Å². The zero-order valence-corrected chi connectivity index (χ0v) is 14.8. The van der Waals surface area contributed by atoms with Crippen LogP contribution in [-0.2, 0) is 4.74 Å². The monoisotopic (exact) mass is 311 g/mol. The van der Waals surface area contributed by atoms with Crippen molar-refractivity contribution < 1.29 is 9.53 Å². The fourth-order valence-electron chi connectivity index (χ4n) is 3.06. The fraction of sp³-hybridized carbons (Fsp3) is 0.941. The van der Waals surface area contributed by atoms with Crippen LogP contribution in [0.1, 0.15) is 53.4 Å². The van der Waals surface area contributed by atoms with E-state index in [0.29, 0.717) is 18.0 Å². The minimum Gasteiger partial charge on any atom is -0.444 e. The molecule has 3 atom stereocenters. The number of nitrogens with zero attached hydrogens (tertiary/aromatic N) is 1. The van der Waals surface area contributed by atoms with E-state index < -0.39 is 5.60 Å². The van der Waals surface area contributed by atoms with Gasteiger partial charge in [0.15, 0.2) is 0 Å². The lowest BCUT2D eigenvalue weighted by Crippen LogP contribution is -2.51.